The van der Waals surface area contributed by atoms with Crippen LogP contribution in [0.2, 0.25) is 0 Å². The van der Waals surface area contributed by atoms with Crippen LogP contribution in [0, 0.1) is 0 Å². The Hall–Kier alpha value is 0.900. The minimum atomic E-state index is -1.08. The van der Waals surface area contributed by atoms with E-state index in [4.69, 9.17) is 15.9 Å². The molecule has 0 aromatic carbocycles. The second-order valence-corrected chi connectivity index (χ2v) is 1.96. The zero-order valence-electron chi connectivity index (χ0n) is 9.28. The van der Waals surface area contributed by atoms with Crippen molar-refractivity contribution in [1.82, 2.24) is 0 Å². The topological polar surface area (TPSA) is 101 Å². The maximum absolute atomic E-state index is 9.92. The minimum Gasteiger partial charge on any atom is -1.00 e. The molecule has 4 N–H and O–H groups in total. The van der Waals surface area contributed by atoms with E-state index in [1.165, 1.54) is 0 Å². The molecule has 0 fully saturated rings. The number of carbonyl (C=O) groups is 2. The number of aliphatic carboxylic acids is 2. The Morgan fingerprint density at radius 3 is 1.58 bits per heavy atom. The van der Waals surface area contributed by atoms with Gasteiger partial charge in [-0.05, 0) is 0 Å². The third kappa shape index (κ3) is 13.5. The van der Waals surface area contributed by atoms with E-state index >= 15 is 0 Å². The molecule has 0 spiro atoms. The number of hydrogen-bond acceptors (Lipinski definition) is 3. The van der Waals surface area contributed by atoms with E-state index in [1.54, 1.807) is 0 Å². The largest absolute Gasteiger partial charge is 1.00 e. The summed E-state index contributed by atoms with van der Waals surface area (Å²) in [6.45, 7) is 0. The molecule has 0 saturated heterocycles. The molecule has 0 rings (SSSR count). The maximum Gasteiger partial charge on any atom is 1.00 e. The Morgan fingerprint density at radius 1 is 1.17 bits per heavy atom. The summed E-state index contributed by atoms with van der Waals surface area (Å²) < 4.78 is 0. The number of hydrogen-bond donors (Lipinski definition) is 3. The molecular weight excluding hydrogens is 184 g/mol. The van der Waals surface area contributed by atoms with E-state index in [0.717, 1.165) is 0 Å². The summed E-state index contributed by atoms with van der Waals surface area (Å²) in [7, 11) is 0. The van der Waals surface area contributed by atoms with Crippen LogP contribution in [-0.4, -0.2) is 28.2 Å². The van der Waals surface area contributed by atoms with Crippen molar-refractivity contribution in [3.05, 3.63) is 0 Å². The van der Waals surface area contributed by atoms with Crippen LogP contribution >= 0.6 is 0 Å². The summed E-state index contributed by atoms with van der Waals surface area (Å²) in [6, 6.07) is -0.782. The fraction of sp³-hybridized carbons (Fsp3) is 0.600. The SMILES string of the molecule is NC(CC(=O)O)CC(=O)O.[H-].[H-].[Na+].[Na+]. The monoisotopic (exact) mass is 195 g/mol. The normalized spacial score (nSPS) is 8.17. The second-order valence-electron chi connectivity index (χ2n) is 1.96. The van der Waals surface area contributed by atoms with Crippen molar-refractivity contribution in [3.8, 4) is 0 Å². The standard InChI is InChI=1S/C5H9NO4.2Na.2H/c6-3(1-4(7)8)2-5(9)10;;;;/h3H,1-2,6H2,(H,7,8)(H,9,10);;;;/q;2*+1;2*-1. The van der Waals surface area contributed by atoms with Crippen LogP contribution in [-0.2, 0) is 9.59 Å². The summed E-state index contributed by atoms with van der Waals surface area (Å²) in [6.07, 6.45) is -0.599. The van der Waals surface area contributed by atoms with E-state index in [-0.39, 0.29) is 74.8 Å². The molecule has 0 saturated carbocycles. The van der Waals surface area contributed by atoms with Crippen LogP contribution in [0.3, 0.4) is 0 Å². The van der Waals surface area contributed by atoms with Crippen LogP contribution in [0.5, 0.6) is 0 Å². The van der Waals surface area contributed by atoms with Crippen molar-refractivity contribution in [1.29, 1.82) is 0 Å². The van der Waals surface area contributed by atoms with Gasteiger partial charge < -0.3 is 18.8 Å². The Morgan fingerprint density at radius 2 is 1.42 bits per heavy atom. The molecule has 0 aromatic rings. The molecule has 0 unspecified atom stereocenters. The molecule has 62 valence electrons. The van der Waals surface area contributed by atoms with Gasteiger partial charge in [0.15, 0.2) is 0 Å². The van der Waals surface area contributed by atoms with Gasteiger partial charge >= 0.3 is 71.1 Å². The third-order valence-electron chi connectivity index (χ3n) is 0.874. The number of carboxylic acid groups (broad SMARTS) is 2. The zero-order chi connectivity index (χ0) is 8.15. The van der Waals surface area contributed by atoms with Crippen molar-refractivity contribution in [2.24, 2.45) is 5.73 Å². The molecule has 0 aliphatic heterocycles. The summed E-state index contributed by atoms with van der Waals surface area (Å²) in [5, 5.41) is 16.2. The smallest absolute Gasteiger partial charge is 1.00 e. The molecule has 0 amide bonds. The second kappa shape index (κ2) is 9.98. The minimum absolute atomic E-state index is 0. The van der Waals surface area contributed by atoms with E-state index < -0.39 is 18.0 Å². The summed E-state index contributed by atoms with van der Waals surface area (Å²) >= 11 is 0. The fourth-order valence-corrected chi connectivity index (χ4v) is 0.521. The molecule has 0 radical (unpaired) electrons. The molecule has 0 aliphatic rings. The quantitative estimate of drug-likeness (QED) is 0.387. The van der Waals surface area contributed by atoms with Crippen LogP contribution in [0.1, 0.15) is 15.7 Å². The van der Waals surface area contributed by atoms with Gasteiger partial charge in [-0.15, -0.1) is 0 Å². The van der Waals surface area contributed by atoms with E-state index in [0.29, 0.717) is 0 Å². The molecule has 0 aliphatic carbocycles. The van der Waals surface area contributed by atoms with Crippen LogP contribution < -0.4 is 64.8 Å². The molecular formula is C5H11NNa2O4. The van der Waals surface area contributed by atoms with E-state index in [2.05, 4.69) is 0 Å². The summed E-state index contributed by atoms with van der Waals surface area (Å²) in [4.78, 5) is 19.8. The average molecular weight is 195 g/mol. The van der Waals surface area contributed by atoms with Crippen LogP contribution in [0.4, 0.5) is 0 Å². The number of nitrogens with two attached hydrogens (primary N) is 1. The zero-order valence-corrected chi connectivity index (χ0v) is 11.3. The van der Waals surface area contributed by atoms with Crippen LogP contribution in [0.25, 0.3) is 0 Å². The van der Waals surface area contributed by atoms with Crippen molar-refractivity contribution >= 4 is 11.9 Å². The van der Waals surface area contributed by atoms with Gasteiger partial charge in [0.1, 0.15) is 0 Å². The summed E-state index contributed by atoms with van der Waals surface area (Å²) in [5.74, 6) is -2.15. The van der Waals surface area contributed by atoms with Crippen molar-refractivity contribution in [2.45, 2.75) is 18.9 Å². The molecule has 5 nitrogen and oxygen atoms in total. The van der Waals surface area contributed by atoms with E-state index in [9.17, 15) is 9.59 Å². The number of rotatable bonds is 4. The van der Waals surface area contributed by atoms with Gasteiger partial charge in [-0.1, -0.05) is 0 Å². The molecule has 7 heteroatoms. The molecule has 0 bridgehead atoms. The Balaban J connectivity index is -0.0000000675. The predicted octanol–water partition coefficient (Wildman–Crippen LogP) is -6.50. The van der Waals surface area contributed by atoms with Crippen molar-refractivity contribution in [2.75, 3.05) is 0 Å². The maximum atomic E-state index is 9.92. The van der Waals surface area contributed by atoms with Gasteiger partial charge in [-0.2, -0.15) is 0 Å². The molecule has 12 heavy (non-hydrogen) atoms. The first kappa shape index (κ1) is 18.6. The summed E-state index contributed by atoms with van der Waals surface area (Å²) in [5.41, 5.74) is 5.11. The molecule has 0 heterocycles. The van der Waals surface area contributed by atoms with Gasteiger partial charge in [-0.25, -0.2) is 0 Å². The van der Waals surface area contributed by atoms with E-state index in [1.807, 2.05) is 0 Å². The third-order valence-corrected chi connectivity index (χ3v) is 0.874. The van der Waals surface area contributed by atoms with Gasteiger partial charge in [0.25, 0.3) is 0 Å². The predicted molar refractivity (Wildman–Crippen MR) is 34.7 cm³/mol. The first-order valence-corrected chi connectivity index (χ1v) is 2.71. The Kier molecular flexibility index (Phi) is 15.5. The van der Waals surface area contributed by atoms with Gasteiger partial charge in [0, 0.05) is 6.04 Å². The Bertz CT molecular complexity index is 145. The first-order valence-electron chi connectivity index (χ1n) is 2.71. The van der Waals surface area contributed by atoms with Gasteiger partial charge in [0.05, 0.1) is 12.8 Å². The Labute approximate surface area is 117 Å². The average Bonchev–Trinajstić information content (AvgIpc) is 1.58. The molecule has 0 atom stereocenters. The first-order chi connectivity index (χ1) is 4.52. The fourth-order valence-electron chi connectivity index (χ4n) is 0.521. The van der Waals surface area contributed by atoms with Gasteiger partial charge in [0.2, 0.25) is 0 Å². The molecule has 0 aromatic heterocycles. The van der Waals surface area contributed by atoms with Crippen LogP contribution in [0.15, 0.2) is 0 Å². The number of carboxylic acids is 2. The van der Waals surface area contributed by atoms with Crippen molar-refractivity contribution < 1.29 is 81.8 Å². The van der Waals surface area contributed by atoms with Gasteiger partial charge in [-0.3, -0.25) is 9.59 Å². The van der Waals surface area contributed by atoms with Crippen molar-refractivity contribution in [3.63, 3.8) is 0 Å².